The molecule has 176 valence electrons. The van der Waals surface area contributed by atoms with Crippen molar-refractivity contribution in [3.8, 4) is 0 Å². The third-order valence-electron chi connectivity index (χ3n) is 7.46. The summed E-state index contributed by atoms with van der Waals surface area (Å²) >= 11 is 0. The molecule has 1 N–H and O–H groups in total. The van der Waals surface area contributed by atoms with Crippen LogP contribution in [0.25, 0.3) is 0 Å². The molecule has 0 aromatic carbocycles. The van der Waals surface area contributed by atoms with Crippen molar-refractivity contribution in [3.63, 3.8) is 0 Å². The molecular formula is C20H27F3O8. The molecule has 1 aliphatic carbocycles. The number of alkyl halides is 3. The molecule has 5 aliphatic rings. The Morgan fingerprint density at radius 3 is 2.42 bits per heavy atom. The molecule has 8 atom stereocenters. The molecule has 0 amide bonds. The molecule has 1 spiro atoms. The first-order chi connectivity index (χ1) is 14.3. The van der Waals surface area contributed by atoms with Crippen LogP contribution in [0.5, 0.6) is 0 Å². The van der Waals surface area contributed by atoms with Crippen LogP contribution in [-0.4, -0.2) is 46.7 Å². The van der Waals surface area contributed by atoms with Gasteiger partial charge in [-0.25, -0.2) is 9.78 Å². The highest BCUT2D eigenvalue weighted by atomic mass is 19.4. The number of rotatable bonds is 4. The van der Waals surface area contributed by atoms with E-state index in [-0.39, 0.29) is 11.8 Å². The van der Waals surface area contributed by atoms with Gasteiger partial charge in [0.1, 0.15) is 0 Å². The molecule has 2 bridgehead atoms. The summed E-state index contributed by atoms with van der Waals surface area (Å²) in [6.07, 6.45) is -5.79. The molecule has 4 aliphatic heterocycles. The molecule has 5 rings (SSSR count). The normalized spacial score (nSPS) is 46.7. The lowest BCUT2D eigenvalue weighted by atomic mass is 9.57. The average molecular weight is 452 g/mol. The van der Waals surface area contributed by atoms with E-state index in [2.05, 4.69) is 0 Å². The zero-order valence-electron chi connectivity index (χ0n) is 17.6. The van der Waals surface area contributed by atoms with Gasteiger partial charge >= 0.3 is 23.9 Å². The molecule has 11 heteroatoms. The second-order valence-corrected chi connectivity index (χ2v) is 9.35. The zero-order chi connectivity index (χ0) is 22.8. The predicted molar refractivity (Wildman–Crippen MR) is 94.8 cm³/mol. The van der Waals surface area contributed by atoms with E-state index in [9.17, 15) is 22.8 Å². The molecule has 5 fully saturated rings. The summed E-state index contributed by atoms with van der Waals surface area (Å²) in [6, 6.07) is 0. The summed E-state index contributed by atoms with van der Waals surface area (Å²) in [5, 5.41) is 8.76. The molecule has 31 heavy (non-hydrogen) atoms. The number of hydrogen-bond donors (Lipinski definition) is 1. The molecule has 4 saturated heterocycles. The number of aliphatic carboxylic acids is 1. The fraction of sp³-hybridized carbons (Fsp3) is 0.900. The van der Waals surface area contributed by atoms with Crippen LogP contribution < -0.4 is 0 Å². The Morgan fingerprint density at radius 2 is 1.77 bits per heavy atom. The van der Waals surface area contributed by atoms with Crippen LogP contribution in [0.1, 0.15) is 59.3 Å². The summed E-state index contributed by atoms with van der Waals surface area (Å²) in [5.41, 5.74) is -1.25. The maximum atomic E-state index is 14.5. The van der Waals surface area contributed by atoms with Crippen molar-refractivity contribution >= 4 is 11.9 Å². The SMILES string of the molecule is C[C@@H]1CC[C@H]2[C@@H](C)[C@](OC(=O)CCC(=O)O)(C(F)(F)F)O[C@@H]3O[C@]4(C)CC[C@@H]1[C@]32OO4. The molecule has 0 aromatic rings. The first-order valence-electron chi connectivity index (χ1n) is 10.6. The third-order valence-corrected chi connectivity index (χ3v) is 7.46. The van der Waals surface area contributed by atoms with E-state index in [0.29, 0.717) is 25.7 Å². The number of fused-ring (bicyclic) bond motifs is 2. The van der Waals surface area contributed by atoms with Crippen molar-refractivity contribution in [1.82, 2.24) is 0 Å². The lowest BCUT2D eigenvalue weighted by Crippen LogP contribution is -2.76. The zero-order valence-corrected chi connectivity index (χ0v) is 17.6. The first-order valence-corrected chi connectivity index (χ1v) is 10.6. The van der Waals surface area contributed by atoms with E-state index < -0.39 is 66.3 Å². The van der Waals surface area contributed by atoms with Crippen LogP contribution in [0.3, 0.4) is 0 Å². The van der Waals surface area contributed by atoms with Gasteiger partial charge in [0.25, 0.3) is 0 Å². The van der Waals surface area contributed by atoms with E-state index in [0.717, 1.165) is 0 Å². The molecule has 0 aromatic heterocycles. The summed E-state index contributed by atoms with van der Waals surface area (Å²) in [5.74, 6) is -9.24. The lowest BCUT2D eigenvalue weighted by Gasteiger charge is -2.62. The number of carbonyl (C=O) groups excluding carboxylic acids is 1. The lowest BCUT2D eigenvalue weighted by molar-refractivity contribution is -0.596. The van der Waals surface area contributed by atoms with Gasteiger partial charge in [0.2, 0.25) is 5.79 Å². The van der Waals surface area contributed by atoms with Crippen LogP contribution >= 0.6 is 0 Å². The average Bonchev–Trinajstić information content (AvgIpc) is 2.89. The van der Waals surface area contributed by atoms with Crippen LogP contribution in [0.15, 0.2) is 0 Å². The number of ether oxygens (including phenoxy) is 3. The second-order valence-electron chi connectivity index (χ2n) is 9.35. The summed E-state index contributed by atoms with van der Waals surface area (Å²) in [4.78, 5) is 34.4. The van der Waals surface area contributed by atoms with E-state index in [1.165, 1.54) is 6.92 Å². The van der Waals surface area contributed by atoms with Crippen LogP contribution in [0.4, 0.5) is 13.2 Å². The van der Waals surface area contributed by atoms with Gasteiger partial charge in [-0.3, -0.25) is 14.3 Å². The van der Waals surface area contributed by atoms with Gasteiger partial charge < -0.3 is 14.6 Å². The van der Waals surface area contributed by atoms with Gasteiger partial charge in [0.05, 0.1) is 12.8 Å². The number of carboxylic acids is 1. The highest BCUT2D eigenvalue weighted by molar-refractivity contribution is 5.76. The van der Waals surface area contributed by atoms with E-state index >= 15 is 0 Å². The molecular weight excluding hydrogens is 425 g/mol. The van der Waals surface area contributed by atoms with Crippen LogP contribution in [0.2, 0.25) is 0 Å². The largest absolute Gasteiger partial charge is 0.481 e. The van der Waals surface area contributed by atoms with Gasteiger partial charge in [-0.1, -0.05) is 13.8 Å². The number of carbonyl (C=O) groups is 2. The number of halogens is 3. The summed E-state index contributed by atoms with van der Waals surface area (Å²) in [6.45, 7) is 4.92. The highest BCUT2D eigenvalue weighted by Gasteiger charge is 2.78. The van der Waals surface area contributed by atoms with Crippen molar-refractivity contribution in [1.29, 1.82) is 0 Å². The third kappa shape index (κ3) is 3.35. The molecule has 0 unspecified atom stereocenters. The van der Waals surface area contributed by atoms with E-state index in [1.54, 1.807) is 6.92 Å². The van der Waals surface area contributed by atoms with Crippen molar-refractivity contribution in [3.05, 3.63) is 0 Å². The molecule has 4 heterocycles. The minimum atomic E-state index is -5.08. The summed E-state index contributed by atoms with van der Waals surface area (Å²) < 4.78 is 59.7. The second kappa shape index (κ2) is 7.29. The fourth-order valence-corrected chi connectivity index (χ4v) is 5.85. The van der Waals surface area contributed by atoms with Gasteiger partial charge in [-0.15, -0.1) is 0 Å². The molecule has 0 radical (unpaired) electrons. The van der Waals surface area contributed by atoms with Crippen molar-refractivity contribution < 1.29 is 51.9 Å². The Bertz CT molecular complexity index is 759. The molecule has 8 nitrogen and oxygen atoms in total. The first kappa shape index (κ1) is 22.8. The van der Waals surface area contributed by atoms with E-state index in [4.69, 9.17) is 29.1 Å². The van der Waals surface area contributed by atoms with Gasteiger partial charge in [0.15, 0.2) is 11.9 Å². The van der Waals surface area contributed by atoms with Crippen molar-refractivity contribution in [2.24, 2.45) is 23.7 Å². The molecule has 1 saturated carbocycles. The number of carboxylic acid groups (broad SMARTS) is 1. The van der Waals surface area contributed by atoms with E-state index in [1.807, 2.05) is 6.92 Å². The van der Waals surface area contributed by atoms with Gasteiger partial charge in [-0.05, 0) is 38.0 Å². The minimum absolute atomic E-state index is 0.152. The quantitative estimate of drug-likeness (QED) is 0.511. The van der Waals surface area contributed by atoms with Crippen LogP contribution in [-0.2, 0) is 33.6 Å². The Kier molecular flexibility index (Phi) is 5.35. The summed E-state index contributed by atoms with van der Waals surface area (Å²) in [7, 11) is 0. The topological polar surface area (TPSA) is 101 Å². The predicted octanol–water partition coefficient (Wildman–Crippen LogP) is 3.53. The monoisotopic (exact) mass is 452 g/mol. The Labute approximate surface area is 177 Å². The number of esters is 1. The van der Waals surface area contributed by atoms with Gasteiger partial charge in [-0.2, -0.15) is 13.2 Å². The number of hydrogen-bond acceptors (Lipinski definition) is 7. The Balaban J connectivity index is 1.75. The minimum Gasteiger partial charge on any atom is -0.481 e. The smallest absolute Gasteiger partial charge is 0.455 e. The Hall–Kier alpha value is -1.43. The Morgan fingerprint density at radius 1 is 1.06 bits per heavy atom. The van der Waals surface area contributed by atoms with Crippen LogP contribution in [0, 0.1) is 23.7 Å². The maximum Gasteiger partial charge on any atom is 0.455 e. The van der Waals surface area contributed by atoms with Crippen molar-refractivity contribution in [2.45, 2.75) is 88.9 Å². The standard InChI is InChI=1S/C20H27F3O8/c1-10-4-5-13-11(2)19(20(21,22)23,27-15(26)7-6-14(24)25)29-16-18(13)12(10)8-9-17(3,28-16)30-31-18/h10-13,16H,4-9H2,1-3H3,(H,24,25)/t10-,11-,12+,13+,16+,17+,18-,19-/m1/s1. The maximum absolute atomic E-state index is 14.5. The fourth-order valence-electron chi connectivity index (χ4n) is 5.85. The highest BCUT2D eigenvalue weighted by Crippen LogP contribution is 2.64. The van der Waals surface area contributed by atoms with Crippen molar-refractivity contribution in [2.75, 3.05) is 0 Å². The van der Waals surface area contributed by atoms with Gasteiger partial charge in [0, 0.05) is 18.3 Å².